The summed E-state index contributed by atoms with van der Waals surface area (Å²) in [6.07, 6.45) is -2.29. The Hall–Kier alpha value is -3.62. The summed E-state index contributed by atoms with van der Waals surface area (Å²) < 4.78 is 55.4. The molecule has 1 aromatic heterocycles. The second-order valence-electron chi connectivity index (χ2n) is 5.62. The number of ether oxygens (including phenoxy) is 1. The molecule has 0 atom stereocenters. The van der Waals surface area contributed by atoms with Crippen molar-refractivity contribution in [3.8, 4) is 16.9 Å². The van der Waals surface area contributed by atoms with Crippen molar-refractivity contribution in [1.29, 1.82) is 0 Å². The van der Waals surface area contributed by atoms with E-state index in [-0.39, 0.29) is 16.9 Å². The minimum Gasteiger partial charge on any atom is -0.478 e. The van der Waals surface area contributed by atoms with Gasteiger partial charge in [0.25, 0.3) is 0 Å². The third kappa shape index (κ3) is 4.56. The second-order valence-corrected chi connectivity index (χ2v) is 5.62. The molecule has 5 nitrogen and oxygen atoms in total. The fourth-order valence-corrected chi connectivity index (χ4v) is 2.49. The summed E-state index contributed by atoms with van der Waals surface area (Å²) in [5.41, 5.74) is 0.639. The number of pyridine rings is 1. The highest BCUT2D eigenvalue weighted by Gasteiger charge is 2.31. The number of rotatable bonds is 5. The van der Waals surface area contributed by atoms with Crippen LogP contribution in [0.3, 0.4) is 0 Å². The minimum absolute atomic E-state index is 0.0121. The van der Waals surface area contributed by atoms with E-state index in [9.17, 15) is 22.4 Å². The quantitative estimate of drug-likeness (QED) is 0.582. The van der Waals surface area contributed by atoms with Crippen LogP contribution in [0.25, 0.3) is 11.1 Å². The molecule has 3 rings (SSSR count). The van der Waals surface area contributed by atoms with E-state index < -0.39 is 23.9 Å². The van der Waals surface area contributed by atoms with Gasteiger partial charge in [-0.3, -0.25) is 4.98 Å². The third-order valence-electron chi connectivity index (χ3n) is 3.69. The van der Waals surface area contributed by atoms with Gasteiger partial charge >= 0.3 is 12.3 Å². The van der Waals surface area contributed by atoms with Gasteiger partial charge in [0.15, 0.2) is 0 Å². The van der Waals surface area contributed by atoms with Gasteiger partial charge in [0.2, 0.25) is 0 Å². The maximum absolute atomic E-state index is 14.5. The molecule has 0 bridgehead atoms. The first kappa shape index (κ1) is 19.2. The Balaban J connectivity index is 1.88. The molecule has 0 aliphatic carbocycles. The molecule has 0 saturated heterocycles. The number of nitrogens with zero attached hydrogens (tertiary/aromatic N) is 1. The second kappa shape index (κ2) is 7.55. The van der Waals surface area contributed by atoms with Crippen LogP contribution in [0.15, 0.2) is 60.9 Å². The van der Waals surface area contributed by atoms with E-state index in [1.807, 2.05) is 0 Å². The zero-order chi connectivity index (χ0) is 20.3. The van der Waals surface area contributed by atoms with Gasteiger partial charge in [-0.25, -0.2) is 9.18 Å². The Bertz CT molecular complexity index is 1020. The summed E-state index contributed by atoms with van der Waals surface area (Å²) in [6, 6.07) is 10.4. The van der Waals surface area contributed by atoms with Crippen LogP contribution in [-0.4, -0.2) is 22.4 Å². The highest BCUT2D eigenvalue weighted by atomic mass is 19.4. The molecule has 0 aliphatic heterocycles. The highest BCUT2D eigenvalue weighted by molar-refractivity contribution is 5.94. The minimum atomic E-state index is -4.83. The van der Waals surface area contributed by atoms with Gasteiger partial charge in [-0.1, -0.05) is 18.2 Å². The molecule has 0 spiro atoms. The number of aromatic nitrogens is 1. The van der Waals surface area contributed by atoms with Crippen LogP contribution in [0.1, 0.15) is 10.4 Å². The number of aromatic carboxylic acids is 1. The topological polar surface area (TPSA) is 71.5 Å². The van der Waals surface area contributed by atoms with E-state index in [1.165, 1.54) is 42.7 Å². The summed E-state index contributed by atoms with van der Waals surface area (Å²) in [5, 5.41) is 11.8. The maximum atomic E-state index is 14.5. The predicted molar refractivity (Wildman–Crippen MR) is 93.0 cm³/mol. The van der Waals surface area contributed by atoms with Crippen LogP contribution >= 0.6 is 0 Å². The molecular formula is C19H12F4N2O3. The van der Waals surface area contributed by atoms with Gasteiger partial charge in [-0.15, -0.1) is 13.2 Å². The molecule has 0 fully saturated rings. The van der Waals surface area contributed by atoms with Crippen molar-refractivity contribution in [2.75, 3.05) is 5.32 Å². The molecule has 0 unspecified atom stereocenters. The fraction of sp³-hybridized carbons (Fsp3) is 0.0526. The number of carboxylic acid groups (broad SMARTS) is 1. The molecule has 1 heterocycles. The van der Waals surface area contributed by atoms with Gasteiger partial charge in [0.1, 0.15) is 11.6 Å². The van der Waals surface area contributed by atoms with E-state index in [1.54, 1.807) is 0 Å². The molecule has 0 amide bonds. The number of nitrogens with one attached hydrogen (secondary N) is 1. The average Bonchev–Trinajstić information content (AvgIpc) is 2.62. The summed E-state index contributed by atoms with van der Waals surface area (Å²) >= 11 is 0. The normalized spacial score (nSPS) is 11.1. The van der Waals surface area contributed by atoms with Gasteiger partial charge in [0.05, 0.1) is 23.1 Å². The van der Waals surface area contributed by atoms with Gasteiger partial charge in [-0.2, -0.15) is 0 Å². The van der Waals surface area contributed by atoms with Crippen LogP contribution < -0.4 is 10.1 Å². The Labute approximate surface area is 156 Å². The van der Waals surface area contributed by atoms with Crippen LogP contribution in [0.2, 0.25) is 0 Å². The molecule has 2 aromatic carbocycles. The Kier molecular flexibility index (Phi) is 5.16. The average molecular weight is 392 g/mol. The zero-order valence-corrected chi connectivity index (χ0v) is 14.0. The molecule has 0 radical (unpaired) electrons. The summed E-state index contributed by atoms with van der Waals surface area (Å²) in [5.74, 6) is -2.35. The lowest BCUT2D eigenvalue weighted by Crippen LogP contribution is -2.17. The van der Waals surface area contributed by atoms with Crippen LogP contribution in [0.5, 0.6) is 5.75 Å². The molecule has 28 heavy (non-hydrogen) atoms. The van der Waals surface area contributed by atoms with Crippen molar-refractivity contribution in [3.05, 3.63) is 72.3 Å². The predicted octanol–water partition coefficient (Wildman–Crippen LogP) is 5.23. The number of alkyl halides is 3. The molecule has 0 aliphatic rings. The smallest absolute Gasteiger partial charge is 0.478 e. The highest BCUT2D eigenvalue weighted by Crippen LogP contribution is 2.31. The Morgan fingerprint density at radius 3 is 2.46 bits per heavy atom. The molecule has 3 aromatic rings. The van der Waals surface area contributed by atoms with Crippen molar-refractivity contribution in [1.82, 2.24) is 4.98 Å². The lowest BCUT2D eigenvalue weighted by molar-refractivity contribution is -0.274. The molecule has 2 N–H and O–H groups in total. The first-order valence-electron chi connectivity index (χ1n) is 7.83. The van der Waals surface area contributed by atoms with Crippen molar-refractivity contribution in [3.63, 3.8) is 0 Å². The van der Waals surface area contributed by atoms with Crippen molar-refractivity contribution < 1.29 is 32.2 Å². The molecule has 144 valence electrons. The van der Waals surface area contributed by atoms with Gasteiger partial charge in [-0.05, 0) is 41.5 Å². The summed E-state index contributed by atoms with van der Waals surface area (Å²) in [7, 11) is 0. The largest absolute Gasteiger partial charge is 0.573 e. The van der Waals surface area contributed by atoms with E-state index in [4.69, 9.17) is 5.11 Å². The number of hydrogen-bond donors (Lipinski definition) is 2. The lowest BCUT2D eigenvalue weighted by atomic mass is 10.0. The number of carbonyl (C=O) groups is 1. The first-order valence-corrected chi connectivity index (χ1v) is 7.83. The summed E-state index contributed by atoms with van der Waals surface area (Å²) in [6.45, 7) is 0. The number of benzene rings is 2. The molecule has 0 saturated carbocycles. The number of hydrogen-bond acceptors (Lipinski definition) is 4. The van der Waals surface area contributed by atoms with Crippen molar-refractivity contribution in [2.45, 2.75) is 6.36 Å². The number of anilines is 2. The van der Waals surface area contributed by atoms with E-state index in [0.29, 0.717) is 11.1 Å². The lowest BCUT2D eigenvalue weighted by Gasteiger charge is -2.12. The SMILES string of the molecule is O=C(O)c1ccncc1Nc1ccc(-c2cccc(OC(F)(F)F)c2)cc1F. The number of halogens is 4. The van der Waals surface area contributed by atoms with E-state index in [0.717, 1.165) is 18.2 Å². The Morgan fingerprint density at radius 2 is 1.79 bits per heavy atom. The first-order chi connectivity index (χ1) is 13.2. The molecular weight excluding hydrogens is 380 g/mol. The van der Waals surface area contributed by atoms with E-state index in [2.05, 4.69) is 15.0 Å². The fourth-order valence-electron chi connectivity index (χ4n) is 2.49. The maximum Gasteiger partial charge on any atom is 0.573 e. The Morgan fingerprint density at radius 1 is 1.04 bits per heavy atom. The van der Waals surface area contributed by atoms with Crippen LogP contribution in [-0.2, 0) is 0 Å². The third-order valence-corrected chi connectivity index (χ3v) is 3.69. The van der Waals surface area contributed by atoms with Gasteiger partial charge < -0.3 is 15.2 Å². The van der Waals surface area contributed by atoms with Crippen LogP contribution in [0, 0.1) is 5.82 Å². The van der Waals surface area contributed by atoms with Crippen LogP contribution in [0.4, 0.5) is 28.9 Å². The van der Waals surface area contributed by atoms with Crippen molar-refractivity contribution >= 4 is 17.3 Å². The standard InChI is InChI=1S/C19H12F4N2O3/c20-15-9-12(11-2-1-3-13(8-11)28-19(21,22)23)4-5-16(15)25-17-10-24-7-6-14(17)18(26)27/h1-10,25H,(H,26,27). The van der Waals surface area contributed by atoms with Crippen molar-refractivity contribution in [2.24, 2.45) is 0 Å². The van der Waals surface area contributed by atoms with Gasteiger partial charge in [0, 0.05) is 6.20 Å². The monoisotopic (exact) mass is 392 g/mol. The number of carboxylic acids is 1. The van der Waals surface area contributed by atoms with E-state index >= 15 is 0 Å². The summed E-state index contributed by atoms with van der Waals surface area (Å²) in [4.78, 5) is 15.0. The zero-order valence-electron chi connectivity index (χ0n) is 14.0. The molecule has 9 heteroatoms.